The summed E-state index contributed by atoms with van der Waals surface area (Å²) in [4.78, 5) is 21.1. The van der Waals surface area contributed by atoms with E-state index in [1.54, 1.807) is 19.9 Å². The van der Waals surface area contributed by atoms with Crippen molar-refractivity contribution in [2.45, 2.75) is 26.3 Å². The minimum atomic E-state index is -1.48. The van der Waals surface area contributed by atoms with Crippen LogP contribution in [0.15, 0.2) is 6.07 Å². The van der Waals surface area contributed by atoms with Crippen LogP contribution in [0.5, 0.6) is 0 Å². The molecular formula is C9H10N2O4-2. The van der Waals surface area contributed by atoms with E-state index in [1.165, 1.54) is 0 Å². The third-order valence-corrected chi connectivity index (χ3v) is 1.97. The van der Waals surface area contributed by atoms with Crippen LogP contribution in [0.1, 0.15) is 23.9 Å². The van der Waals surface area contributed by atoms with Gasteiger partial charge in [0.1, 0.15) is 0 Å². The van der Waals surface area contributed by atoms with Gasteiger partial charge < -0.3 is 19.8 Å². The smallest absolute Gasteiger partial charge is 0.0967 e. The number of nitrogens with zero attached hydrogens (tertiary/aromatic N) is 2. The molecule has 0 N–H and O–H groups in total. The van der Waals surface area contributed by atoms with Crippen molar-refractivity contribution in [2.75, 3.05) is 0 Å². The number of carbonyl (C=O) groups excluding carboxylic acids is 2. The lowest BCUT2D eigenvalue weighted by molar-refractivity contribution is -0.319. The van der Waals surface area contributed by atoms with Gasteiger partial charge in [0.05, 0.1) is 17.7 Å². The minimum Gasteiger partial charge on any atom is -0.550 e. The third-order valence-electron chi connectivity index (χ3n) is 1.97. The summed E-state index contributed by atoms with van der Waals surface area (Å²) in [5, 5.41) is 25.0. The number of aliphatic carboxylic acids is 2. The number of aromatic nitrogens is 2. The summed E-state index contributed by atoms with van der Waals surface area (Å²) in [5.41, 5.74) is 1.19. The molecule has 0 spiro atoms. The zero-order valence-electron chi connectivity index (χ0n) is 8.39. The van der Waals surface area contributed by atoms with E-state index in [9.17, 15) is 19.8 Å². The van der Waals surface area contributed by atoms with Crippen molar-refractivity contribution >= 4 is 11.9 Å². The maximum absolute atomic E-state index is 10.7. The molecule has 0 amide bonds. The molecule has 0 saturated heterocycles. The van der Waals surface area contributed by atoms with Crippen LogP contribution in [0.3, 0.4) is 0 Å². The highest BCUT2D eigenvalue weighted by Crippen LogP contribution is 2.13. The Morgan fingerprint density at radius 3 is 2.40 bits per heavy atom. The Kier molecular flexibility index (Phi) is 3.08. The van der Waals surface area contributed by atoms with E-state index < -0.39 is 24.4 Å². The Bertz CT molecular complexity index is 397. The van der Waals surface area contributed by atoms with Gasteiger partial charge in [-0.3, -0.25) is 4.68 Å². The molecule has 1 rings (SSSR count). The van der Waals surface area contributed by atoms with Crippen molar-refractivity contribution in [1.29, 1.82) is 0 Å². The molecule has 1 atom stereocenters. The quantitative estimate of drug-likeness (QED) is 0.568. The highest BCUT2D eigenvalue weighted by molar-refractivity contribution is 5.77. The monoisotopic (exact) mass is 210 g/mol. The van der Waals surface area contributed by atoms with Gasteiger partial charge in [0.15, 0.2) is 0 Å². The summed E-state index contributed by atoms with van der Waals surface area (Å²) in [7, 11) is 0. The van der Waals surface area contributed by atoms with Crippen molar-refractivity contribution in [3.63, 3.8) is 0 Å². The zero-order chi connectivity index (χ0) is 11.6. The summed E-state index contributed by atoms with van der Waals surface area (Å²) >= 11 is 0. The number of hydrogen-bond donors (Lipinski definition) is 0. The molecule has 0 unspecified atom stereocenters. The average molecular weight is 210 g/mol. The molecule has 0 saturated carbocycles. The van der Waals surface area contributed by atoms with E-state index in [1.807, 2.05) is 0 Å². The van der Waals surface area contributed by atoms with E-state index >= 15 is 0 Å². The SMILES string of the molecule is Cc1cc(C)n([C@H](CC(=O)[O-])C(=O)[O-])n1. The highest BCUT2D eigenvalue weighted by Gasteiger charge is 2.15. The van der Waals surface area contributed by atoms with Crippen LogP contribution in [0.25, 0.3) is 0 Å². The molecule has 0 aromatic carbocycles. The van der Waals surface area contributed by atoms with Gasteiger partial charge >= 0.3 is 0 Å². The minimum absolute atomic E-state index is 0.572. The molecule has 0 fully saturated rings. The van der Waals surface area contributed by atoms with E-state index in [0.717, 1.165) is 4.68 Å². The fourth-order valence-corrected chi connectivity index (χ4v) is 1.39. The highest BCUT2D eigenvalue weighted by atomic mass is 16.4. The molecular weight excluding hydrogens is 200 g/mol. The van der Waals surface area contributed by atoms with Crippen LogP contribution in [0, 0.1) is 13.8 Å². The predicted molar refractivity (Wildman–Crippen MR) is 45.4 cm³/mol. The Morgan fingerprint density at radius 1 is 1.47 bits per heavy atom. The van der Waals surface area contributed by atoms with E-state index in [4.69, 9.17) is 0 Å². The van der Waals surface area contributed by atoms with E-state index in [0.29, 0.717) is 11.4 Å². The Morgan fingerprint density at radius 2 is 2.07 bits per heavy atom. The van der Waals surface area contributed by atoms with Gasteiger partial charge in [-0.05, 0) is 19.9 Å². The topological polar surface area (TPSA) is 98.1 Å². The summed E-state index contributed by atoms with van der Waals surface area (Å²) in [6.45, 7) is 3.33. The number of hydrogen-bond acceptors (Lipinski definition) is 5. The maximum Gasteiger partial charge on any atom is 0.0967 e. The molecule has 15 heavy (non-hydrogen) atoms. The van der Waals surface area contributed by atoms with Gasteiger partial charge in [-0.15, -0.1) is 0 Å². The number of aryl methyl sites for hydroxylation is 2. The van der Waals surface area contributed by atoms with Gasteiger partial charge in [-0.1, -0.05) is 0 Å². The van der Waals surface area contributed by atoms with Crippen LogP contribution in [0.2, 0.25) is 0 Å². The standard InChI is InChI=1S/C9H12N2O4/c1-5-3-6(2)11(10-5)7(9(14)15)4-8(12)13/h3,7H,4H2,1-2H3,(H,12,13)(H,14,15)/p-2/t7-/m1/s1. The van der Waals surface area contributed by atoms with Gasteiger partial charge in [0, 0.05) is 18.1 Å². The maximum atomic E-state index is 10.7. The molecule has 0 aliphatic heterocycles. The van der Waals surface area contributed by atoms with Gasteiger partial charge in [0.25, 0.3) is 0 Å². The lowest BCUT2D eigenvalue weighted by Gasteiger charge is -2.20. The van der Waals surface area contributed by atoms with Crippen molar-refractivity contribution in [1.82, 2.24) is 9.78 Å². The fourth-order valence-electron chi connectivity index (χ4n) is 1.39. The molecule has 0 aliphatic rings. The lowest BCUT2D eigenvalue weighted by atomic mass is 10.2. The van der Waals surface area contributed by atoms with Crippen LogP contribution in [-0.2, 0) is 9.59 Å². The Balaban J connectivity index is 3.03. The van der Waals surface area contributed by atoms with E-state index in [2.05, 4.69) is 5.10 Å². The summed E-state index contributed by atoms with van der Waals surface area (Å²) in [5.74, 6) is -2.93. The summed E-state index contributed by atoms with van der Waals surface area (Å²) in [6.07, 6.45) is -0.649. The average Bonchev–Trinajstić information content (AvgIpc) is 2.40. The van der Waals surface area contributed by atoms with Crippen molar-refractivity contribution < 1.29 is 19.8 Å². The first kappa shape index (κ1) is 11.2. The molecule has 82 valence electrons. The molecule has 0 bridgehead atoms. The number of carbonyl (C=O) groups is 2. The normalized spacial score (nSPS) is 12.4. The van der Waals surface area contributed by atoms with Crippen LogP contribution < -0.4 is 10.2 Å². The molecule has 1 heterocycles. The molecule has 1 aromatic heterocycles. The molecule has 1 aromatic rings. The zero-order valence-corrected chi connectivity index (χ0v) is 8.39. The van der Waals surface area contributed by atoms with Crippen LogP contribution in [0.4, 0.5) is 0 Å². The second-order valence-corrected chi connectivity index (χ2v) is 3.28. The number of rotatable bonds is 4. The van der Waals surface area contributed by atoms with Gasteiger partial charge in [0.2, 0.25) is 0 Å². The molecule has 6 nitrogen and oxygen atoms in total. The summed E-state index contributed by atoms with van der Waals surface area (Å²) in [6, 6.07) is 0.342. The van der Waals surface area contributed by atoms with Gasteiger partial charge in [-0.2, -0.15) is 5.10 Å². The van der Waals surface area contributed by atoms with Crippen LogP contribution in [-0.4, -0.2) is 21.7 Å². The fraction of sp³-hybridized carbons (Fsp3) is 0.444. The first-order valence-corrected chi connectivity index (χ1v) is 4.35. The predicted octanol–water partition coefficient (Wildman–Crippen LogP) is -2.07. The molecule has 0 aliphatic carbocycles. The first-order valence-electron chi connectivity index (χ1n) is 4.35. The van der Waals surface area contributed by atoms with Crippen molar-refractivity contribution in [3.8, 4) is 0 Å². The number of carboxylic acids is 2. The first-order chi connectivity index (χ1) is 6.91. The Labute approximate surface area is 86.1 Å². The van der Waals surface area contributed by atoms with Crippen LogP contribution >= 0.6 is 0 Å². The summed E-state index contributed by atoms with van der Waals surface area (Å²) < 4.78 is 1.13. The molecule has 6 heteroatoms. The van der Waals surface area contributed by atoms with Crippen molar-refractivity contribution in [2.24, 2.45) is 0 Å². The van der Waals surface area contributed by atoms with E-state index in [-0.39, 0.29) is 0 Å². The number of carboxylic acid groups (broad SMARTS) is 2. The lowest BCUT2D eigenvalue weighted by Crippen LogP contribution is -2.38. The molecule has 0 radical (unpaired) electrons. The Hall–Kier alpha value is -1.85. The third kappa shape index (κ3) is 2.55. The van der Waals surface area contributed by atoms with Gasteiger partial charge in [-0.25, -0.2) is 0 Å². The second kappa shape index (κ2) is 4.12. The largest absolute Gasteiger partial charge is 0.550 e. The second-order valence-electron chi connectivity index (χ2n) is 3.28. The van der Waals surface area contributed by atoms with Crippen molar-refractivity contribution in [3.05, 3.63) is 17.5 Å².